The topological polar surface area (TPSA) is 42.2 Å². The van der Waals surface area contributed by atoms with E-state index in [-0.39, 0.29) is 24.8 Å². The second-order valence-electron chi connectivity index (χ2n) is 5.55. The van der Waals surface area contributed by atoms with Crippen molar-refractivity contribution in [1.82, 2.24) is 9.88 Å². The molecule has 0 spiro atoms. The summed E-state index contributed by atoms with van der Waals surface area (Å²) in [6.07, 6.45) is 4.53. The summed E-state index contributed by atoms with van der Waals surface area (Å²) >= 11 is 0. The minimum Gasteiger partial charge on any atom is -0.329 e. The lowest BCUT2D eigenvalue weighted by molar-refractivity contribution is 0.216. The third kappa shape index (κ3) is 4.07. The highest BCUT2D eigenvalue weighted by atomic mass is 35.5. The summed E-state index contributed by atoms with van der Waals surface area (Å²) in [7, 11) is 2.18. The van der Waals surface area contributed by atoms with Gasteiger partial charge in [0, 0.05) is 30.7 Å². The van der Waals surface area contributed by atoms with Gasteiger partial charge in [0.05, 0.1) is 5.52 Å². The van der Waals surface area contributed by atoms with Crippen molar-refractivity contribution in [1.29, 1.82) is 0 Å². The molecule has 0 aliphatic heterocycles. The second-order valence-corrected chi connectivity index (χ2v) is 5.55. The van der Waals surface area contributed by atoms with Gasteiger partial charge in [-0.05, 0) is 37.4 Å². The zero-order chi connectivity index (χ0) is 13.2. The number of hydrogen-bond acceptors (Lipinski definition) is 3. The molecule has 1 atom stereocenters. The van der Waals surface area contributed by atoms with E-state index in [2.05, 4.69) is 41.2 Å². The Morgan fingerprint density at radius 1 is 1.24 bits per heavy atom. The standard InChI is InChI=1S/C16H21N3.2ClH/c1-19(15(10-17)12-7-8-12)11-14-5-2-4-13-6-3-9-18-16(13)14;;/h2-6,9,12,15H,7-8,10-11,17H2,1H3;2*1H. The van der Waals surface area contributed by atoms with Gasteiger partial charge in [0.2, 0.25) is 0 Å². The Kier molecular flexibility index (Phi) is 6.88. The van der Waals surface area contributed by atoms with Crippen LogP contribution in [0, 0.1) is 5.92 Å². The van der Waals surface area contributed by atoms with E-state index in [0.29, 0.717) is 6.04 Å². The number of nitrogens with zero attached hydrogens (tertiary/aromatic N) is 2. The molecule has 0 amide bonds. The molecule has 0 bridgehead atoms. The van der Waals surface area contributed by atoms with E-state index < -0.39 is 0 Å². The number of halogens is 2. The molecule has 21 heavy (non-hydrogen) atoms. The number of aromatic nitrogens is 1. The van der Waals surface area contributed by atoms with Crippen LogP contribution >= 0.6 is 24.8 Å². The lowest BCUT2D eigenvalue weighted by atomic mass is 10.1. The Morgan fingerprint density at radius 3 is 2.62 bits per heavy atom. The number of para-hydroxylation sites is 1. The summed E-state index contributed by atoms with van der Waals surface area (Å²) in [6.45, 7) is 1.67. The Morgan fingerprint density at radius 2 is 1.95 bits per heavy atom. The molecule has 1 aliphatic rings. The summed E-state index contributed by atoms with van der Waals surface area (Å²) in [5, 5.41) is 1.21. The Balaban J connectivity index is 0.00000110. The molecule has 1 heterocycles. The molecule has 2 aromatic rings. The first-order valence-corrected chi connectivity index (χ1v) is 7.02. The van der Waals surface area contributed by atoms with Crippen LogP contribution in [0.1, 0.15) is 18.4 Å². The van der Waals surface area contributed by atoms with Crippen LogP contribution in [0.5, 0.6) is 0 Å². The number of rotatable bonds is 5. The van der Waals surface area contributed by atoms with Crippen LogP contribution in [0.3, 0.4) is 0 Å². The smallest absolute Gasteiger partial charge is 0.0746 e. The summed E-state index contributed by atoms with van der Waals surface area (Å²) in [6, 6.07) is 11.0. The average molecular weight is 328 g/mol. The summed E-state index contributed by atoms with van der Waals surface area (Å²) < 4.78 is 0. The van der Waals surface area contributed by atoms with Crippen molar-refractivity contribution >= 4 is 35.7 Å². The Hall–Kier alpha value is -0.870. The van der Waals surface area contributed by atoms with Crippen LogP contribution in [0.2, 0.25) is 0 Å². The maximum atomic E-state index is 5.92. The van der Waals surface area contributed by atoms with E-state index in [1.807, 2.05) is 12.3 Å². The van der Waals surface area contributed by atoms with Gasteiger partial charge in [0.1, 0.15) is 0 Å². The Bertz CT molecular complexity index is 567. The van der Waals surface area contributed by atoms with Crippen molar-refractivity contribution in [3.05, 3.63) is 42.1 Å². The monoisotopic (exact) mass is 327 g/mol. The van der Waals surface area contributed by atoms with Crippen LogP contribution in [0.15, 0.2) is 36.5 Å². The number of nitrogens with two attached hydrogens (primary N) is 1. The first kappa shape index (κ1) is 18.2. The Labute approximate surface area is 138 Å². The van der Waals surface area contributed by atoms with Gasteiger partial charge in [-0.15, -0.1) is 24.8 Å². The first-order valence-electron chi connectivity index (χ1n) is 7.02. The number of hydrogen-bond donors (Lipinski definition) is 1. The van der Waals surface area contributed by atoms with Crippen LogP contribution in [0.25, 0.3) is 10.9 Å². The van der Waals surface area contributed by atoms with E-state index in [9.17, 15) is 0 Å². The van der Waals surface area contributed by atoms with E-state index in [0.717, 1.165) is 24.5 Å². The third-order valence-electron chi connectivity index (χ3n) is 4.11. The highest BCUT2D eigenvalue weighted by Crippen LogP contribution is 2.35. The molecule has 1 aliphatic carbocycles. The summed E-state index contributed by atoms with van der Waals surface area (Å²) in [5.41, 5.74) is 8.33. The lowest BCUT2D eigenvalue weighted by Crippen LogP contribution is -2.39. The van der Waals surface area contributed by atoms with Gasteiger partial charge in [-0.3, -0.25) is 9.88 Å². The van der Waals surface area contributed by atoms with E-state index >= 15 is 0 Å². The van der Waals surface area contributed by atoms with Gasteiger partial charge in [-0.2, -0.15) is 0 Å². The van der Waals surface area contributed by atoms with Crippen molar-refractivity contribution in [3.8, 4) is 0 Å². The average Bonchev–Trinajstić information content (AvgIpc) is 3.25. The molecule has 1 saturated carbocycles. The molecule has 0 saturated heterocycles. The lowest BCUT2D eigenvalue weighted by Gasteiger charge is -2.27. The second kappa shape index (κ2) is 7.95. The highest BCUT2D eigenvalue weighted by molar-refractivity contribution is 5.85. The van der Waals surface area contributed by atoms with Crippen molar-refractivity contribution in [3.63, 3.8) is 0 Å². The van der Waals surface area contributed by atoms with Crippen molar-refractivity contribution < 1.29 is 0 Å². The minimum atomic E-state index is 0. The van der Waals surface area contributed by atoms with Gasteiger partial charge in [-0.1, -0.05) is 24.3 Å². The molecule has 1 aromatic carbocycles. The number of pyridine rings is 1. The summed E-state index contributed by atoms with van der Waals surface area (Å²) in [4.78, 5) is 6.91. The van der Waals surface area contributed by atoms with Crippen LogP contribution in [-0.4, -0.2) is 29.5 Å². The molecule has 3 nitrogen and oxygen atoms in total. The van der Waals surface area contributed by atoms with Gasteiger partial charge < -0.3 is 5.73 Å². The molecular weight excluding hydrogens is 305 g/mol. The van der Waals surface area contributed by atoms with E-state index in [4.69, 9.17) is 5.73 Å². The molecule has 3 rings (SSSR count). The first-order chi connectivity index (χ1) is 9.29. The molecule has 2 N–H and O–H groups in total. The van der Waals surface area contributed by atoms with Gasteiger partial charge in [-0.25, -0.2) is 0 Å². The van der Waals surface area contributed by atoms with Gasteiger partial charge >= 0.3 is 0 Å². The predicted molar refractivity (Wildman–Crippen MR) is 93.3 cm³/mol. The number of fused-ring (bicyclic) bond motifs is 1. The van der Waals surface area contributed by atoms with Crippen molar-refractivity contribution in [2.24, 2.45) is 11.7 Å². The fourth-order valence-corrected chi connectivity index (χ4v) is 2.89. The number of benzene rings is 1. The van der Waals surface area contributed by atoms with Crippen LogP contribution in [0.4, 0.5) is 0 Å². The van der Waals surface area contributed by atoms with E-state index in [1.54, 1.807) is 0 Å². The number of likely N-dealkylation sites (N-methyl/N-ethyl adjacent to an activating group) is 1. The molecule has 1 aromatic heterocycles. The predicted octanol–water partition coefficient (Wildman–Crippen LogP) is 3.25. The van der Waals surface area contributed by atoms with Crippen LogP contribution in [-0.2, 0) is 6.54 Å². The van der Waals surface area contributed by atoms with Gasteiger partial charge in [0.15, 0.2) is 0 Å². The maximum absolute atomic E-state index is 5.92. The third-order valence-corrected chi connectivity index (χ3v) is 4.11. The largest absolute Gasteiger partial charge is 0.329 e. The van der Waals surface area contributed by atoms with E-state index in [1.165, 1.54) is 23.8 Å². The zero-order valence-corrected chi connectivity index (χ0v) is 13.9. The highest BCUT2D eigenvalue weighted by Gasteiger charge is 2.32. The van der Waals surface area contributed by atoms with Crippen LogP contribution < -0.4 is 5.73 Å². The molecule has 1 unspecified atom stereocenters. The fourth-order valence-electron chi connectivity index (χ4n) is 2.89. The molecule has 1 fully saturated rings. The molecular formula is C16H23Cl2N3. The van der Waals surface area contributed by atoms with Crippen molar-refractivity contribution in [2.45, 2.75) is 25.4 Å². The minimum absolute atomic E-state index is 0. The molecule has 5 heteroatoms. The van der Waals surface area contributed by atoms with Gasteiger partial charge in [0.25, 0.3) is 0 Å². The quantitative estimate of drug-likeness (QED) is 0.916. The summed E-state index contributed by atoms with van der Waals surface area (Å²) in [5.74, 6) is 0.804. The normalized spacial score (nSPS) is 15.4. The fraction of sp³-hybridized carbons (Fsp3) is 0.438. The maximum Gasteiger partial charge on any atom is 0.0746 e. The van der Waals surface area contributed by atoms with Crippen molar-refractivity contribution in [2.75, 3.05) is 13.6 Å². The molecule has 0 radical (unpaired) electrons. The zero-order valence-electron chi connectivity index (χ0n) is 12.2. The SMILES string of the molecule is CN(Cc1cccc2cccnc12)C(CN)C1CC1.Cl.Cl. The molecule has 116 valence electrons.